The molecule has 0 bridgehead atoms. The summed E-state index contributed by atoms with van der Waals surface area (Å²) in [5.41, 5.74) is 0.301. The molecule has 118 valence electrons. The molecule has 7 nitrogen and oxygen atoms in total. The van der Waals surface area contributed by atoms with E-state index >= 15 is 0 Å². The van der Waals surface area contributed by atoms with Crippen molar-refractivity contribution in [2.75, 3.05) is 20.1 Å². The van der Waals surface area contributed by atoms with Crippen molar-refractivity contribution < 1.29 is 19.5 Å². The molecule has 1 aliphatic rings. The van der Waals surface area contributed by atoms with Gasteiger partial charge in [-0.1, -0.05) is 0 Å². The molecule has 1 aromatic rings. The standard InChI is InChI=1S/C15H19N3O4/c1-16-13(19)8-10-4-6-18(7-5-10)14(20)11-2-3-12(15(21)22)17-9-11/h2-3,9-10H,4-8H2,1H3,(H,16,19)(H,21,22). The number of aromatic nitrogens is 1. The van der Waals surface area contributed by atoms with E-state index in [9.17, 15) is 14.4 Å². The van der Waals surface area contributed by atoms with Gasteiger partial charge in [0.1, 0.15) is 5.69 Å². The lowest BCUT2D eigenvalue weighted by atomic mass is 9.93. The van der Waals surface area contributed by atoms with Crippen LogP contribution in [0, 0.1) is 5.92 Å². The highest BCUT2D eigenvalue weighted by atomic mass is 16.4. The van der Waals surface area contributed by atoms with Gasteiger partial charge in [-0.2, -0.15) is 0 Å². The third kappa shape index (κ3) is 3.81. The molecule has 0 atom stereocenters. The molecule has 22 heavy (non-hydrogen) atoms. The maximum absolute atomic E-state index is 12.3. The van der Waals surface area contributed by atoms with Crippen molar-refractivity contribution in [1.29, 1.82) is 0 Å². The van der Waals surface area contributed by atoms with Crippen molar-refractivity contribution in [3.05, 3.63) is 29.6 Å². The van der Waals surface area contributed by atoms with Crippen molar-refractivity contribution in [2.45, 2.75) is 19.3 Å². The first-order valence-electron chi connectivity index (χ1n) is 7.20. The van der Waals surface area contributed by atoms with Crippen LogP contribution in [0.3, 0.4) is 0 Å². The monoisotopic (exact) mass is 305 g/mol. The zero-order valence-corrected chi connectivity index (χ0v) is 12.4. The SMILES string of the molecule is CNC(=O)CC1CCN(C(=O)c2ccc(C(=O)O)nc2)CC1. The average molecular weight is 305 g/mol. The minimum atomic E-state index is -1.12. The Morgan fingerprint density at radius 1 is 1.32 bits per heavy atom. The number of hydrogen-bond acceptors (Lipinski definition) is 4. The van der Waals surface area contributed by atoms with E-state index in [1.54, 1.807) is 11.9 Å². The molecule has 0 saturated carbocycles. The van der Waals surface area contributed by atoms with Gasteiger partial charge in [-0.05, 0) is 30.9 Å². The highest BCUT2D eigenvalue weighted by Crippen LogP contribution is 2.21. The summed E-state index contributed by atoms with van der Waals surface area (Å²) in [6.45, 7) is 1.20. The second-order valence-electron chi connectivity index (χ2n) is 5.35. The molecule has 1 aromatic heterocycles. The van der Waals surface area contributed by atoms with Gasteiger partial charge < -0.3 is 15.3 Å². The molecule has 0 spiro atoms. The Labute approximate surface area is 128 Å². The van der Waals surface area contributed by atoms with Crippen LogP contribution in [0.5, 0.6) is 0 Å². The van der Waals surface area contributed by atoms with Gasteiger partial charge in [0.25, 0.3) is 5.91 Å². The lowest BCUT2D eigenvalue weighted by Crippen LogP contribution is -2.39. The van der Waals surface area contributed by atoms with Crippen molar-refractivity contribution in [1.82, 2.24) is 15.2 Å². The number of amides is 2. The lowest BCUT2D eigenvalue weighted by molar-refractivity contribution is -0.121. The van der Waals surface area contributed by atoms with Crippen LogP contribution >= 0.6 is 0 Å². The Morgan fingerprint density at radius 3 is 2.50 bits per heavy atom. The van der Waals surface area contributed by atoms with E-state index in [0.29, 0.717) is 31.0 Å². The summed E-state index contributed by atoms with van der Waals surface area (Å²) >= 11 is 0. The number of carboxylic acid groups (broad SMARTS) is 1. The zero-order valence-electron chi connectivity index (χ0n) is 12.4. The smallest absolute Gasteiger partial charge is 0.354 e. The van der Waals surface area contributed by atoms with Gasteiger partial charge >= 0.3 is 5.97 Å². The molecule has 1 saturated heterocycles. The predicted molar refractivity (Wildman–Crippen MR) is 78.5 cm³/mol. The van der Waals surface area contributed by atoms with Crippen LogP contribution < -0.4 is 5.32 Å². The fraction of sp³-hybridized carbons (Fsp3) is 0.467. The number of hydrogen-bond donors (Lipinski definition) is 2. The van der Waals surface area contributed by atoms with Crippen LogP contribution in [0.1, 0.15) is 40.1 Å². The zero-order chi connectivity index (χ0) is 16.1. The number of likely N-dealkylation sites (tertiary alicyclic amines) is 1. The number of carbonyl (C=O) groups excluding carboxylic acids is 2. The number of piperidine rings is 1. The number of rotatable bonds is 4. The Kier molecular flexibility index (Phi) is 5.08. The quantitative estimate of drug-likeness (QED) is 0.856. The highest BCUT2D eigenvalue weighted by molar-refractivity contribution is 5.95. The molecule has 0 aliphatic carbocycles. The van der Waals surface area contributed by atoms with Crippen molar-refractivity contribution >= 4 is 17.8 Å². The molecule has 2 amide bonds. The Bertz CT molecular complexity index is 563. The summed E-state index contributed by atoms with van der Waals surface area (Å²) in [5.74, 6) is -0.938. The van der Waals surface area contributed by atoms with Gasteiger partial charge in [0.15, 0.2) is 0 Å². The number of nitrogens with one attached hydrogen (secondary N) is 1. The maximum Gasteiger partial charge on any atom is 0.354 e. The van der Waals surface area contributed by atoms with Crippen LogP contribution in [0.4, 0.5) is 0 Å². The minimum Gasteiger partial charge on any atom is -0.477 e. The minimum absolute atomic E-state index is 0.0261. The Morgan fingerprint density at radius 2 is 2.00 bits per heavy atom. The van der Waals surface area contributed by atoms with Crippen molar-refractivity contribution in [3.8, 4) is 0 Å². The molecule has 1 fully saturated rings. The van der Waals surface area contributed by atoms with Crippen LogP contribution in [0.2, 0.25) is 0 Å². The number of aromatic carboxylic acids is 1. The third-order valence-electron chi connectivity index (χ3n) is 3.88. The molecular formula is C15H19N3O4. The van der Waals surface area contributed by atoms with Gasteiger partial charge in [0.05, 0.1) is 5.56 Å². The molecule has 7 heteroatoms. The molecule has 0 radical (unpaired) electrons. The van der Waals surface area contributed by atoms with Crippen LogP contribution in [0.15, 0.2) is 18.3 Å². The normalized spacial score (nSPS) is 15.4. The number of carboxylic acids is 1. The summed E-state index contributed by atoms with van der Waals surface area (Å²) in [4.78, 5) is 39.9. The van der Waals surface area contributed by atoms with E-state index in [2.05, 4.69) is 10.3 Å². The summed E-state index contributed by atoms with van der Waals surface area (Å²) in [6.07, 6.45) is 3.37. The summed E-state index contributed by atoms with van der Waals surface area (Å²) in [6, 6.07) is 2.81. The average Bonchev–Trinajstić information content (AvgIpc) is 2.55. The van der Waals surface area contributed by atoms with Crippen LogP contribution in [0.25, 0.3) is 0 Å². The molecule has 2 heterocycles. The first kappa shape index (κ1) is 15.9. The molecule has 2 N–H and O–H groups in total. The summed E-state index contributed by atoms with van der Waals surface area (Å²) in [7, 11) is 1.62. The highest BCUT2D eigenvalue weighted by Gasteiger charge is 2.25. The van der Waals surface area contributed by atoms with Crippen molar-refractivity contribution in [2.24, 2.45) is 5.92 Å². The topological polar surface area (TPSA) is 99.6 Å². The number of pyridine rings is 1. The molecule has 0 aromatic carbocycles. The molecule has 2 rings (SSSR count). The summed E-state index contributed by atoms with van der Waals surface area (Å²) < 4.78 is 0. The van der Waals surface area contributed by atoms with Gasteiger partial charge in [-0.15, -0.1) is 0 Å². The van der Waals surface area contributed by atoms with E-state index in [-0.39, 0.29) is 17.5 Å². The fourth-order valence-corrected chi connectivity index (χ4v) is 2.53. The number of nitrogens with zero attached hydrogens (tertiary/aromatic N) is 2. The maximum atomic E-state index is 12.3. The first-order chi connectivity index (χ1) is 10.5. The van der Waals surface area contributed by atoms with Crippen LogP contribution in [-0.4, -0.2) is 52.9 Å². The summed E-state index contributed by atoms with van der Waals surface area (Å²) in [5, 5.41) is 11.4. The molecule has 1 aliphatic heterocycles. The van der Waals surface area contributed by atoms with Gasteiger partial charge in [-0.25, -0.2) is 9.78 Å². The van der Waals surface area contributed by atoms with Gasteiger partial charge in [-0.3, -0.25) is 9.59 Å². The van der Waals surface area contributed by atoms with E-state index in [4.69, 9.17) is 5.11 Å². The lowest BCUT2D eigenvalue weighted by Gasteiger charge is -2.31. The first-order valence-corrected chi connectivity index (χ1v) is 7.20. The second-order valence-corrected chi connectivity index (χ2v) is 5.35. The van der Waals surface area contributed by atoms with Gasteiger partial charge in [0.2, 0.25) is 5.91 Å². The third-order valence-corrected chi connectivity index (χ3v) is 3.88. The van der Waals surface area contributed by atoms with E-state index < -0.39 is 5.97 Å². The fourth-order valence-electron chi connectivity index (χ4n) is 2.53. The molecule has 0 unspecified atom stereocenters. The predicted octanol–water partition coefficient (Wildman–Crippen LogP) is 0.768. The second kappa shape index (κ2) is 7.02. The Hall–Kier alpha value is -2.44. The largest absolute Gasteiger partial charge is 0.477 e. The number of carbonyl (C=O) groups is 3. The molecular weight excluding hydrogens is 286 g/mol. The van der Waals surface area contributed by atoms with E-state index in [0.717, 1.165) is 12.8 Å². The van der Waals surface area contributed by atoms with E-state index in [1.807, 2.05) is 0 Å². The van der Waals surface area contributed by atoms with Crippen molar-refractivity contribution in [3.63, 3.8) is 0 Å². The van der Waals surface area contributed by atoms with Crippen LogP contribution in [-0.2, 0) is 4.79 Å². The van der Waals surface area contributed by atoms with Gasteiger partial charge in [0, 0.05) is 32.8 Å². The van der Waals surface area contributed by atoms with E-state index in [1.165, 1.54) is 18.3 Å². The Balaban J connectivity index is 1.92.